The van der Waals surface area contributed by atoms with E-state index in [9.17, 15) is 17.6 Å². The number of halogens is 2. The van der Waals surface area contributed by atoms with Gasteiger partial charge >= 0.3 is 0 Å². The molecule has 5 nitrogen and oxygen atoms in total. The maximum atomic E-state index is 13.4. The van der Waals surface area contributed by atoms with Crippen molar-refractivity contribution < 1.29 is 17.6 Å². The third-order valence-electron chi connectivity index (χ3n) is 5.13. The van der Waals surface area contributed by atoms with Crippen LogP contribution in [0.4, 0.5) is 10.1 Å². The number of aryl methyl sites for hydroxylation is 2. The van der Waals surface area contributed by atoms with Crippen molar-refractivity contribution in [2.45, 2.75) is 38.6 Å². The van der Waals surface area contributed by atoms with Crippen LogP contribution in [0.5, 0.6) is 0 Å². The molecule has 0 saturated heterocycles. The lowest BCUT2D eigenvalue weighted by atomic mass is 9.89. The fraction of sp³-hybridized carbons (Fsp3) is 0.381. The zero-order chi connectivity index (χ0) is 21.2. The Morgan fingerprint density at radius 1 is 1.17 bits per heavy atom. The van der Waals surface area contributed by atoms with Gasteiger partial charge in [0.25, 0.3) is 0 Å². The van der Waals surface area contributed by atoms with E-state index in [0.717, 1.165) is 35.0 Å². The van der Waals surface area contributed by atoms with Crippen LogP contribution in [0.15, 0.2) is 36.4 Å². The molecule has 0 aromatic heterocycles. The van der Waals surface area contributed by atoms with Crippen molar-refractivity contribution in [1.82, 2.24) is 5.32 Å². The number of nitrogens with zero attached hydrogens (tertiary/aromatic N) is 1. The summed E-state index contributed by atoms with van der Waals surface area (Å²) >= 11 is 5.77. The number of nitrogens with one attached hydrogen (secondary N) is 1. The molecule has 1 aliphatic rings. The van der Waals surface area contributed by atoms with Gasteiger partial charge in [-0.3, -0.25) is 9.10 Å². The first kappa shape index (κ1) is 21.6. The number of carbonyl (C=O) groups excluding carboxylic acids is 1. The first-order valence-electron chi connectivity index (χ1n) is 9.49. The summed E-state index contributed by atoms with van der Waals surface area (Å²) in [5.41, 5.74) is 3.79. The average Bonchev–Trinajstić information content (AvgIpc) is 2.67. The minimum atomic E-state index is -3.76. The van der Waals surface area contributed by atoms with E-state index >= 15 is 0 Å². The molecule has 0 bridgehead atoms. The smallest absolute Gasteiger partial charge is 0.241 e. The Bertz CT molecular complexity index is 1030. The zero-order valence-corrected chi connectivity index (χ0v) is 18.0. The number of hydrogen-bond acceptors (Lipinski definition) is 3. The van der Waals surface area contributed by atoms with Crippen molar-refractivity contribution >= 4 is 33.2 Å². The highest BCUT2D eigenvalue weighted by Gasteiger charge is 2.23. The average molecular weight is 439 g/mol. The maximum Gasteiger partial charge on any atom is 0.241 e. The fourth-order valence-electron chi connectivity index (χ4n) is 3.56. The first-order valence-corrected chi connectivity index (χ1v) is 11.7. The van der Waals surface area contributed by atoms with E-state index in [2.05, 4.69) is 17.4 Å². The Hall–Kier alpha value is -2.12. The summed E-state index contributed by atoms with van der Waals surface area (Å²) in [7, 11) is -3.76. The van der Waals surface area contributed by atoms with Crippen molar-refractivity contribution in [2.75, 3.05) is 17.1 Å². The highest BCUT2D eigenvalue weighted by Crippen LogP contribution is 2.26. The maximum absolute atomic E-state index is 13.4. The normalized spacial score (nSPS) is 14.8. The van der Waals surface area contributed by atoms with E-state index in [4.69, 9.17) is 11.6 Å². The highest BCUT2D eigenvalue weighted by atomic mass is 35.5. The van der Waals surface area contributed by atoms with Gasteiger partial charge in [0, 0.05) is 0 Å². The highest BCUT2D eigenvalue weighted by molar-refractivity contribution is 7.92. The number of fused-ring (bicyclic) bond motifs is 1. The molecule has 0 fully saturated rings. The molecule has 1 atom stereocenters. The Morgan fingerprint density at radius 2 is 1.86 bits per heavy atom. The van der Waals surface area contributed by atoms with Crippen LogP contribution in [-0.2, 0) is 27.7 Å². The largest absolute Gasteiger partial charge is 0.348 e. The Balaban J connectivity index is 1.74. The topological polar surface area (TPSA) is 66.5 Å². The van der Waals surface area contributed by atoms with Crippen LogP contribution in [-0.4, -0.2) is 27.1 Å². The van der Waals surface area contributed by atoms with E-state index in [-0.39, 0.29) is 16.8 Å². The second-order valence-electron chi connectivity index (χ2n) is 7.39. The van der Waals surface area contributed by atoms with Crippen LogP contribution in [0.3, 0.4) is 0 Å². The molecule has 0 saturated carbocycles. The van der Waals surface area contributed by atoms with Crippen LogP contribution in [0.25, 0.3) is 0 Å². The van der Waals surface area contributed by atoms with Crippen LogP contribution in [0.2, 0.25) is 5.02 Å². The van der Waals surface area contributed by atoms with Gasteiger partial charge < -0.3 is 5.32 Å². The molecule has 8 heteroatoms. The zero-order valence-electron chi connectivity index (χ0n) is 16.4. The molecular weight excluding hydrogens is 415 g/mol. The molecule has 2 aromatic rings. The van der Waals surface area contributed by atoms with Crippen molar-refractivity contribution in [1.29, 1.82) is 0 Å². The lowest BCUT2D eigenvalue weighted by Gasteiger charge is -2.24. The van der Waals surface area contributed by atoms with Crippen molar-refractivity contribution in [3.8, 4) is 0 Å². The van der Waals surface area contributed by atoms with Crippen molar-refractivity contribution in [2.24, 2.45) is 0 Å². The van der Waals surface area contributed by atoms with E-state index in [0.29, 0.717) is 0 Å². The van der Waals surface area contributed by atoms with Gasteiger partial charge in [0.1, 0.15) is 12.4 Å². The van der Waals surface area contributed by atoms with Crippen molar-refractivity contribution in [3.63, 3.8) is 0 Å². The summed E-state index contributed by atoms with van der Waals surface area (Å²) < 4.78 is 38.7. The first-order chi connectivity index (χ1) is 13.6. The van der Waals surface area contributed by atoms with Crippen molar-refractivity contribution in [3.05, 3.63) is 63.9 Å². The SMILES string of the molecule is CC(NC(=O)CN(c1ccc(F)c(Cl)c1)S(C)(=O)=O)c1ccc2c(c1)CCCC2. The van der Waals surface area contributed by atoms with E-state index in [1.807, 2.05) is 13.0 Å². The summed E-state index contributed by atoms with van der Waals surface area (Å²) in [6.45, 7) is 1.44. The molecule has 3 rings (SSSR count). The monoisotopic (exact) mass is 438 g/mol. The Kier molecular flexibility index (Phi) is 6.49. The molecule has 2 aromatic carbocycles. The number of carbonyl (C=O) groups is 1. The van der Waals surface area contributed by atoms with Gasteiger partial charge in [-0.05, 0) is 67.5 Å². The number of hydrogen-bond donors (Lipinski definition) is 1. The van der Waals surface area contributed by atoms with Gasteiger partial charge in [-0.1, -0.05) is 29.8 Å². The number of amides is 1. The molecule has 0 heterocycles. The molecule has 1 N–H and O–H groups in total. The van der Waals surface area contributed by atoms with Gasteiger partial charge in [0.2, 0.25) is 15.9 Å². The van der Waals surface area contributed by atoms with Gasteiger partial charge in [0.15, 0.2) is 0 Å². The van der Waals surface area contributed by atoms with Crippen LogP contribution < -0.4 is 9.62 Å². The predicted molar refractivity (Wildman–Crippen MR) is 113 cm³/mol. The van der Waals surface area contributed by atoms with Gasteiger partial charge in [-0.25, -0.2) is 12.8 Å². The van der Waals surface area contributed by atoms with Crippen LogP contribution in [0, 0.1) is 5.82 Å². The molecule has 1 unspecified atom stereocenters. The number of benzene rings is 2. The Morgan fingerprint density at radius 3 is 2.52 bits per heavy atom. The number of anilines is 1. The lowest BCUT2D eigenvalue weighted by molar-refractivity contribution is -0.120. The van der Waals surface area contributed by atoms with Gasteiger partial charge in [-0.2, -0.15) is 0 Å². The summed E-state index contributed by atoms with van der Waals surface area (Å²) in [4.78, 5) is 12.6. The molecule has 0 aliphatic heterocycles. The standard InChI is InChI=1S/C21H24ClFN2O3S/c1-14(16-8-7-15-5-3-4-6-17(15)11-16)24-21(26)13-25(29(2,27)28)18-9-10-20(23)19(22)12-18/h7-12,14H,3-6,13H2,1-2H3,(H,24,26). The van der Waals surface area contributed by atoms with E-state index in [1.165, 1.54) is 36.1 Å². The summed E-state index contributed by atoms with van der Waals surface area (Å²) in [6, 6.07) is 9.50. The number of sulfonamides is 1. The third-order valence-corrected chi connectivity index (χ3v) is 6.56. The molecule has 29 heavy (non-hydrogen) atoms. The van der Waals surface area contributed by atoms with Gasteiger partial charge in [-0.15, -0.1) is 0 Å². The van der Waals surface area contributed by atoms with Crippen LogP contribution >= 0.6 is 11.6 Å². The lowest BCUT2D eigenvalue weighted by Crippen LogP contribution is -2.41. The van der Waals surface area contributed by atoms with E-state index in [1.54, 1.807) is 0 Å². The quantitative estimate of drug-likeness (QED) is 0.741. The van der Waals surface area contributed by atoms with Gasteiger partial charge in [0.05, 0.1) is 23.0 Å². The number of rotatable bonds is 6. The summed E-state index contributed by atoms with van der Waals surface area (Å²) in [5, 5.41) is 2.64. The predicted octanol–water partition coefficient (Wildman–Crippen LogP) is 4.00. The summed E-state index contributed by atoms with van der Waals surface area (Å²) in [6.07, 6.45) is 5.48. The molecule has 1 aliphatic carbocycles. The molecule has 0 spiro atoms. The fourth-order valence-corrected chi connectivity index (χ4v) is 4.59. The molecular formula is C21H24ClFN2O3S. The molecule has 156 valence electrons. The molecule has 0 radical (unpaired) electrons. The second kappa shape index (κ2) is 8.71. The van der Waals surface area contributed by atoms with Crippen LogP contribution in [0.1, 0.15) is 42.5 Å². The summed E-state index contributed by atoms with van der Waals surface area (Å²) in [5.74, 6) is -1.12. The second-order valence-corrected chi connectivity index (χ2v) is 9.71. The Labute approximate surface area is 175 Å². The minimum absolute atomic E-state index is 0.135. The minimum Gasteiger partial charge on any atom is -0.348 e. The van der Waals surface area contributed by atoms with E-state index < -0.39 is 28.3 Å². The molecule has 1 amide bonds. The third kappa shape index (κ3) is 5.28.